The highest BCUT2D eigenvalue weighted by molar-refractivity contribution is 4.93. The minimum absolute atomic E-state index is 0.0332. The van der Waals surface area contributed by atoms with Crippen molar-refractivity contribution >= 4 is 0 Å². The van der Waals surface area contributed by atoms with Gasteiger partial charge in [-0.1, -0.05) is 145 Å². The van der Waals surface area contributed by atoms with E-state index in [0.717, 1.165) is 38.5 Å². The molecule has 1 atom stereocenters. The fraction of sp³-hybridized carbons (Fsp3) is 0.795. The van der Waals surface area contributed by atoms with Crippen LogP contribution in [0.3, 0.4) is 0 Å². The Kier molecular flexibility index (Phi) is 36.8. The smallest absolute Gasteiger partial charge is 0.183 e. The number of hydrogen-bond donors (Lipinski definition) is 1. The Hall–Kier alpha value is -1.85. The molecule has 0 aromatic carbocycles. The van der Waals surface area contributed by atoms with Crippen LogP contribution in [-0.4, -0.2) is 37.3 Å². The zero-order valence-corrected chi connectivity index (χ0v) is 29.5. The zero-order valence-electron chi connectivity index (χ0n) is 29.5. The zero-order chi connectivity index (χ0) is 32.7. The molecular formula is C39H71N3O3. The first-order valence-corrected chi connectivity index (χ1v) is 18.8. The van der Waals surface area contributed by atoms with Crippen molar-refractivity contribution in [3.05, 3.63) is 59.1 Å². The Morgan fingerprint density at radius 1 is 0.533 bits per heavy atom. The molecule has 6 nitrogen and oxygen atoms in total. The molecule has 0 aliphatic rings. The van der Waals surface area contributed by atoms with Crippen molar-refractivity contribution in [1.82, 2.24) is 0 Å². The quantitative estimate of drug-likeness (QED) is 0.0189. The van der Waals surface area contributed by atoms with Crippen LogP contribution in [0.2, 0.25) is 0 Å². The molecule has 0 aromatic heterocycles. The molecule has 1 unspecified atom stereocenters. The van der Waals surface area contributed by atoms with Gasteiger partial charge < -0.3 is 14.6 Å². The third-order valence-corrected chi connectivity index (χ3v) is 7.90. The van der Waals surface area contributed by atoms with Crippen LogP contribution in [0.15, 0.2) is 53.7 Å². The molecule has 0 bridgehead atoms. The molecule has 6 heteroatoms. The highest BCUT2D eigenvalue weighted by Gasteiger charge is 2.19. The van der Waals surface area contributed by atoms with E-state index in [1.54, 1.807) is 0 Å². The Balaban J connectivity index is 3.80. The lowest BCUT2D eigenvalue weighted by atomic mass is 10.1. The summed E-state index contributed by atoms with van der Waals surface area (Å²) in [7, 11) is 0. The molecule has 0 fully saturated rings. The normalized spacial score (nSPS) is 12.9. The average Bonchev–Trinajstić information content (AvgIpc) is 3.05. The molecule has 0 heterocycles. The van der Waals surface area contributed by atoms with Crippen LogP contribution >= 0.6 is 0 Å². The van der Waals surface area contributed by atoms with Crippen molar-refractivity contribution in [2.75, 3.05) is 19.8 Å². The summed E-state index contributed by atoms with van der Waals surface area (Å²) >= 11 is 0. The van der Waals surface area contributed by atoms with Crippen molar-refractivity contribution in [2.45, 2.75) is 180 Å². The third-order valence-electron chi connectivity index (χ3n) is 7.90. The van der Waals surface area contributed by atoms with E-state index in [9.17, 15) is 5.11 Å². The maximum atomic E-state index is 10.4. The highest BCUT2D eigenvalue weighted by Crippen LogP contribution is 2.12. The second-order valence-corrected chi connectivity index (χ2v) is 12.3. The van der Waals surface area contributed by atoms with Gasteiger partial charge in [0.2, 0.25) is 0 Å². The first-order chi connectivity index (χ1) is 22.3. The van der Waals surface area contributed by atoms with E-state index >= 15 is 0 Å². The van der Waals surface area contributed by atoms with E-state index < -0.39 is 12.4 Å². The van der Waals surface area contributed by atoms with Gasteiger partial charge in [0.25, 0.3) is 0 Å². The number of hydrogen-bond acceptors (Lipinski definition) is 4. The number of azide groups is 1. The van der Waals surface area contributed by atoms with Crippen LogP contribution < -0.4 is 0 Å². The van der Waals surface area contributed by atoms with Crippen LogP contribution in [0.4, 0.5) is 0 Å². The number of unbranched alkanes of at least 4 members (excludes halogenated alkanes) is 18. The standard InChI is InChI=1S/C39H71N3O3/c1-3-5-7-9-11-13-15-17-19-21-23-25-27-29-31-33-35-44-39(38(43)37-41-42-40)45-36-34-32-30-28-26-24-22-20-18-16-14-12-10-8-6-4-2/h11-14,17-20,38-39,43H,3-10,15-16,21-37H2,1-2H3/b13-11-,14-12-,19-17-,20-18-. The predicted molar refractivity (Wildman–Crippen MR) is 194 cm³/mol. The van der Waals surface area contributed by atoms with Gasteiger partial charge in [-0.15, -0.1) is 0 Å². The fourth-order valence-corrected chi connectivity index (χ4v) is 5.06. The molecule has 260 valence electrons. The first kappa shape index (κ1) is 43.1. The Morgan fingerprint density at radius 3 is 1.27 bits per heavy atom. The summed E-state index contributed by atoms with van der Waals surface area (Å²) in [4.78, 5) is 2.76. The molecule has 1 N–H and O–H groups in total. The van der Waals surface area contributed by atoms with Crippen LogP contribution in [0.1, 0.15) is 168 Å². The van der Waals surface area contributed by atoms with Gasteiger partial charge >= 0.3 is 0 Å². The van der Waals surface area contributed by atoms with E-state index in [1.807, 2.05) is 0 Å². The number of aliphatic hydroxyl groups excluding tert-OH is 1. The Morgan fingerprint density at radius 2 is 0.889 bits per heavy atom. The summed E-state index contributed by atoms with van der Waals surface area (Å²) < 4.78 is 11.7. The lowest BCUT2D eigenvalue weighted by Crippen LogP contribution is -2.34. The predicted octanol–water partition coefficient (Wildman–Crippen LogP) is 12.6. The Labute approximate surface area is 278 Å². The third kappa shape index (κ3) is 34.9. The van der Waals surface area contributed by atoms with Crippen molar-refractivity contribution in [2.24, 2.45) is 5.11 Å². The largest absolute Gasteiger partial charge is 0.388 e. The summed E-state index contributed by atoms with van der Waals surface area (Å²) in [6.07, 6.45) is 45.6. The summed E-state index contributed by atoms with van der Waals surface area (Å²) in [5.41, 5.74) is 8.61. The van der Waals surface area contributed by atoms with Gasteiger partial charge in [0.15, 0.2) is 6.29 Å². The van der Waals surface area contributed by atoms with Crippen molar-refractivity contribution < 1.29 is 14.6 Å². The van der Waals surface area contributed by atoms with Crippen molar-refractivity contribution in [1.29, 1.82) is 0 Å². The monoisotopic (exact) mass is 630 g/mol. The fourth-order valence-electron chi connectivity index (χ4n) is 5.06. The second-order valence-electron chi connectivity index (χ2n) is 12.3. The van der Waals surface area contributed by atoms with Gasteiger partial charge in [-0.2, -0.15) is 0 Å². The van der Waals surface area contributed by atoms with Crippen LogP contribution in [-0.2, 0) is 9.47 Å². The van der Waals surface area contributed by atoms with Crippen molar-refractivity contribution in [3.63, 3.8) is 0 Å². The summed E-state index contributed by atoms with van der Waals surface area (Å²) in [6, 6.07) is 0. The van der Waals surface area contributed by atoms with Gasteiger partial charge in [-0.25, -0.2) is 0 Å². The maximum absolute atomic E-state index is 10.4. The molecular weight excluding hydrogens is 558 g/mol. The molecule has 0 aliphatic carbocycles. The first-order valence-electron chi connectivity index (χ1n) is 18.8. The topological polar surface area (TPSA) is 87.5 Å². The summed E-state index contributed by atoms with van der Waals surface area (Å²) in [5, 5.41) is 13.9. The van der Waals surface area contributed by atoms with Crippen LogP contribution in [0, 0.1) is 0 Å². The van der Waals surface area contributed by atoms with E-state index in [1.165, 1.54) is 116 Å². The number of ether oxygens (including phenoxy) is 2. The summed E-state index contributed by atoms with van der Waals surface area (Å²) in [6.45, 7) is 5.56. The van der Waals surface area contributed by atoms with Gasteiger partial charge in [-0.3, -0.25) is 0 Å². The molecule has 0 aliphatic heterocycles. The SMILES string of the molecule is CCCCC/C=C\C/C=C\CCCCCCCCOC(OCCCCCCCC/C=C\C/C=C\CCCCC)C(O)CN=[N+]=[N-]. The van der Waals surface area contributed by atoms with Crippen LogP contribution in [0.25, 0.3) is 10.4 Å². The lowest BCUT2D eigenvalue weighted by Gasteiger charge is -2.22. The highest BCUT2D eigenvalue weighted by atomic mass is 16.7. The van der Waals surface area contributed by atoms with E-state index in [2.05, 4.69) is 72.5 Å². The molecule has 45 heavy (non-hydrogen) atoms. The van der Waals surface area contributed by atoms with E-state index in [-0.39, 0.29) is 6.54 Å². The molecule has 0 saturated heterocycles. The average molecular weight is 630 g/mol. The number of rotatable bonds is 35. The van der Waals surface area contributed by atoms with Gasteiger partial charge in [-0.05, 0) is 82.6 Å². The molecule has 0 spiro atoms. The Bertz CT molecular complexity index is 709. The molecule has 0 amide bonds. The number of allylic oxidation sites excluding steroid dienone is 8. The number of nitrogens with zero attached hydrogens (tertiary/aromatic N) is 3. The van der Waals surface area contributed by atoms with Gasteiger partial charge in [0.1, 0.15) is 6.10 Å². The lowest BCUT2D eigenvalue weighted by molar-refractivity contribution is -0.192. The molecule has 0 saturated carbocycles. The van der Waals surface area contributed by atoms with E-state index in [4.69, 9.17) is 15.0 Å². The second kappa shape index (κ2) is 38.3. The van der Waals surface area contributed by atoms with Crippen molar-refractivity contribution in [3.8, 4) is 0 Å². The maximum Gasteiger partial charge on any atom is 0.183 e. The minimum atomic E-state index is -0.935. The molecule has 0 aromatic rings. The van der Waals surface area contributed by atoms with Crippen LogP contribution in [0.5, 0.6) is 0 Å². The van der Waals surface area contributed by atoms with Gasteiger partial charge in [0.05, 0.1) is 6.54 Å². The number of aliphatic hydroxyl groups is 1. The molecule has 0 rings (SSSR count). The van der Waals surface area contributed by atoms with E-state index in [0.29, 0.717) is 13.2 Å². The minimum Gasteiger partial charge on any atom is -0.388 e. The van der Waals surface area contributed by atoms with Gasteiger partial charge in [0, 0.05) is 18.1 Å². The summed E-state index contributed by atoms with van der Waals surface area (Å²) in [5.74, 6) is 0. The molecule has 0 radical (unpaired) electrons.